The number of rotatable bonds is 9. The van der Waals surface area contributed by atoms with E-state index in [1.54, 1.807) is 39.0 Å². The minimum absolute atomic E-state index is 0.0328. The van der Waals surface area contributed by atoms with Gasteiger partial charge in [0.25, 0.3) is 6.01 Å². The number of carbonyl (C=O) groups is 1. The summed E-state index contributed by atoms with van der Waals surface area (Å²) in [5, 5.41) is 14.2. The van der Waals surface area contributed by atoms with E-state index < -0.39 is 11.7 Å². The van der Waals surface area contributed by atoms with Crippen LogP contribution in [0.25, 0.3) is 11.1 Å². The molecule has 0 aliphatic rings. The van der Waals surface area contributed by atoms with Crippen LogP contribution in [0.2, 0.25) is 0 Å². The molecule has 3 N–H and O–H groups in total. The first-order chi connectivity index (χ1) is 13.3. The van der Waals surface area contributed by atoms with Crippen LogP contribution in [0.5, 0.6) is 5.75 Å². The minimum atomic E-state index is -0.629. The predicted molar refractivity (Wildman–Crippen MR) is 103 cm³/mol. The Hall–Kier alpha value is -2.81. The lowest BCUT2D eigenvalue weighted by molar-refractivity contribution is 0.0531. The van der Waals surface area contributed by atoms with Crippen molar-refractivity contribution in [2.24, 2.45) is 0 Å². The van der Waals surface area contributed by atoms with E-state index >= 15 is 0 Å². The number of alkyl carbamates (subject to hydrolysis) is 1. The summed E-state index contributed by atoms with van der Waals surface area (Å²) in [6.07, 6.45) is 0.354. The molecule has 1 aromatic carbocycles. The Balaban J connectivity index is 1.88. The number of aliphatic hydroxyl groups is 1. The average molecular weight is 395 g/mol. The summed E-state index contributed by atoms with van der Waals surface area (Å²) >= 11 is 0. The van der Waals surface area contributed by atoms with Crippen molar-refractivity contribution in [3.8, 4) is 5.75 Å². The van der Waals surface area contributed by atoms with E-state index in [2.05, 4.69) is 15.6 Å². The van der Waals surface area contributed by atoms with Gasteiger partial charge in [0.15, 0.2) is 5.58 Å². The Kier molecular flexibility index (Phi) is 7.62. The third kappa shape index (κ3) is 7.07. The second-order valence-electron chi connectivity index (χ2n) is 7.06. The van der Waals surface area contributed by atoms with Gasteiger partial charge in [0.1, 0.15) is 23.5 Å². The van der Waals surface area contributed by atoms with Crippen LogP contribution in [-0.4, -0.2) is 48.1 Å². The number of ether oxygens (including phenoxy) is 2. The van der Waals surface area contributed by atoms with Gasteiger partial charge < -0.3 is 29.6 Å². The lowest BCUT2D eigenvalue weighted by Gasteiger charge is -2.20. The lowest BCUT2D eigenvalue weighted by Crippen LogP contribution is -2.34. The standard InChI is InChI=1S/C19H26FN3O5/c1-19(2,3)28-18(25)22-11-13(10-20)12-26-14-5-6-15-16(9-14)27-17(23-15)21-7-4-8-24/h5-6,9-10,24H,4,7-8,11-12H2,1-3H3,(H,21,23)(H,22,25)/b13-10-. The normalized spacial score (nSPS) is 12.1. The zero-order valence-corrected chi connectivity index (χ0v) is 16.3. The van der Waals surface area contributed by atoms with Crippen LogP contribution < -0.4 is 15.4 Å². The fourth-order valence-corrected chi connectivity index (χ4v) is 2.14. The van der Waals surface area contributed by atoms with Gasteiger partial charge in [0.2, 0.25) is 0 Å². The number of aromatic nitrogens is 1. The highest BCUT2D eigenvalue weighted by molar-refractivity contribution is 5.76. The van der Waals surface area contributed by atoms with Crippen LogP contribution in [0.4, 0.5) is 15.2 Å². The van der Waals surface area contributed by atoms with Gasteiger partial charge in [-0.1, -0.05) is 0 Å². The first-order valence-corrected chi connectivity index (χ1v) is 8.94. The summed E-state index contributed by atoms with van der Waals surface area (Å²) in [5.74, 6) is 0.474. The smallest absolute Gasteiger partial charge is 0.407 e. The van der Waals surface area contributed by atoms with Crippen molar-refractivity contribution >= 4 is 23.2 Å². The Labute approximate surface area is 162 Å². The summed E-state index contributed by atoms with van der Waals surface area (Å²) < 4.78 is 29.3. The van der Waals surface area contributed by atoms with Crippen molar-refractivity contribution in [1.82, 2.24) is 10.3 Å². The van der Waals surface area contributed by atoms with Gasteiger partial charge in [0, 0.05) is 31.3 Å². The van der Waals surface area contributed by atoms with Gasteiger partial charge in [-0.15, -0.1) is 0 Å². The molecule has 0 saturated carbocycles. The second-order valence-corrected chi connectivity index (χ2v) is 7.06. The van der Waals surface area contributed by atoms with Crippen molar-refractivity contribution in [3.05, 3.63) is 30.1 Å². The maximum absolute atomic E-state index is 13.1. The van der Waals surface area contributed by atoms with Crippen LogP contribution >= 0.6 is 0 Å². The predicted octanol–water partition coefficient (Wildman–Crippen LogP) is 3.38. The molecule has 1 aromatic heterocycles. The fourth-order valence-electron chi connectivity index (χ4n) is 2.14. The van der Waals surface area contributed by atoms with Crippen LogP contribution in [0.3, 0.4) is 0 Å². The molecule has 0 atom stereocenters. The van der Waals surface area contributed by atoms with E-state index in [-0.39, 0.29) is 25.3 Å². The first-order valence-electron chi connectivity index (χ1n) is 8.94. The zero-order chi connectivity index (χ0) is 20.6. The van der Waals surface area contributed by atoms with Gasteiger partial charge in [-0.25, -0.2) is 9.18 Å². The Morgan fingerprint density at radius 2 is 2.18 bits per heavy atom. The number of nitrogens with one attached hydrogen (secondary N) is 2. The molecule has 2 aromatic rings. The van der Waals surface area contributed by atoms with E-state index in [0.29, 0.717) is 42.2 Å². The van der Waals surface area contributed by atoms with E-state index in [4.69, 9.17) is 19.0 Å². The highest BCUT2D eigenvalue weighted by Crippen LogP contribution is 2.24. The Morgan fingerprint density at radius 3 is 2.86 bits per heavy atom. The van der Waals surface area contributed by atoms with Crippen LogP contribution in [-0.2, 0) is 4.74 Å². The van der Waals surface area contributed by atoms with Crippen LogP contribution in [0, 0.1) is 0 Å². The van der Waals surface area contributed by atoms with Crippen molar-refractivity contribution in [1.29, 1.82) is 0 Å². The third-order valence-corrected chi connectivity index (χ3v) is 3.41. The van der Waals surface area contributed by atoms with Crippen LogP contribution in [0.15, 0.2) is 34.5 Å². The molecule has 1 amide bonds. The summed E-state index contributed by atoms with van der Waals surface area (Å²) in [6, 6.07) is 5.42. The molecule has 0 radical (unpaired) electrons. The van der Waals surface area contributed by atoms with Crippen LogP contribution in [0.1, 0.15) is 27.2 Å². The number of hydrogen-bond acceptors (Lipinski definition) is 7. The minimum Gasteiger partial charge on any atom is -0.489 e. The number of carbonyl (C=O) groups excluding carboxylic acids is 1. The molecule has 0 bridgehead atoms. The highest BCUT2D eigenvalue weighted by atomic mass is 19.1. The van der Waals surface area contributed by atoms with Gasteiger partial charge in [0.05, 0.1) is 6.33 Å². The number of amides is 1. The number of fused-ring (bicyclic) bond motifs is 1. The molecule has 0 spiro atoms. The molecular formula is C19H26FN3O5. The van der Waals surface area contributed by atoms with E-state index in [1.165, 1.54) is 0 Å². The summed E-state index contributed by atoms with van der Waals surface area (Å²) in [4.78, 5) is 15.9. The maximum atomic E-state index is 13.1. The number of nitrogens with zero attached hydrogens (tertiary/aromatic N) is 1. The molecule has 0 saturated heterocycles. The molecule has 9 heteroatoms. The topological polar surface area (TPSA) is 106 Å². The zero-order valence-electron chi connectivity index (χ0n) is 16.3. The molecular weight excluding hydrogens is 369 g/mol. The second kappa shape index (κ2) is 9.93. The number of hydrogen-bond donors (Lipinski definition) is 3. The highest BCUT2D eigenvalue weighted by Gasteiger charge is 2.16. The molecule has 0 aliphatic heterocycles. The SMILES string of the molecule is CC(C)(C)OC(=O)NC/C(=C/F)COc1ccc2nc(NCCCO)oc2c1. The van der Waals surface area contributed by atoms with Gasteiger partial charge in [-0.2, -0.15) is 4.98 Å². The largest absolute Gasteiger partial charge is 0.489 e. The Morgan fingerprint density at radius 1 is 1.39 bits per heavy atom. The molecule has 28 heavy (non-hydrogen) atoms. The Bertz CT molecular complexity index is 813. The average Bonchev–Trinajstić information content (AvgIpc) is 3.02. The molecule has 0 fully saturated rings. The number of aliphatic hydroxyl groups excluding tert-OH is 1. The number of benzene rings is 1. The van der Waals surface area contributed by atoms with Gasteiger partial charge in [-0.05, 0) is 39.3 Å². The molecule has 2 rings (SSSR count). The monoisotopic (exact) mass is 395 g/mol. The van der Waals surface area contributed by atoms with E-state index in [1.807, 2.05) is 0 Å². The van der Waals surface area contributed by atoms with Gasteiger partial charge in [-0.3, -0.25) is 0 Å². The van der Waals surface area contributed by atoms with Gasteiger partial charge >= 0.3 is 6.09 Å². The van der Waals surface area contributed by atoms with E-state index in [0.717, 1.165) is 0 Å². The maximum Gasteiger partial charge on any atom is 0.407 e. The van der Waals surface area contributed by atoms with Crippen molar-refractivity contribution < 1.29 is 28.2 Å². The molecule has 0 unspecified atom stereocenters. The molecule has 0 aliphatic carbocycles. The third-order valence-electron chi connectivity index (χ3n) is 3.41. The van der Waals surface area contributed by atoms with Crippen molar-refractivity contribution in [2.45, 2.75) is 32.8 Å². The quantitative estimate of drug-likeness (QED) is 0.559. The van der Waals surface area contributed by atoms with Crippen molar-refractivity contribution in [3.63, 3.8) is 0 Å². The molecule has 154 valence electrons. The summed E-state index contributed by atoms with van der Waals surface area (Å²) in [6.45, 7) is 5.78. The number of anilines is 1. The lowest BCUT2D eigenvalue weighted by atomic mass is 10.2. The molecule has 8 nitrogen and oxygen atoms in total. The summed E-state index contributed by atoms with van der Waals surface area (Å²) in [5.41, 5.74) is 0.779. The number of halogens is 1. The first kappa shape index (κ1) is 21.5. The molecule has 1 heterocycles. The van der Waals surface area contributed by atoms with E-state index in [9.17, 15) is 9.18 Å². The number of oxazole rings is 1. The fraction of sp³-hybridized carbons (Fsp3) is 0.474. The van der Waals surface area contributed by atoms with Crippen molar-refractivity contribution in [2.75, 3.05) is 31.6 Å². The summed E-state index contributed by atoms with van der Waals surface area (Å²) in [7, 11) is 0.